The highest BCUT2D eigenvalue weighted by molar-refractivity contribution is 5.76. The number of pyridine rings is 1. The maximum atomic E-state index is 12.1. The van der Waals surface area contributed by atoms with Crippen LogP contribution in [-0.4, -0.2) is 22.1 Å². The molecular formula is C22H19N3O3. The normalized spacial score (nSPS) is 11.9. The number of nitrogens with zero attached hydrogens (tertiary/aromatic N) is 2. The van der Waals surface area contributed by atoms with Crippen molar-refractivity contribution in [2.24, 2.45) is 0 Å². The zero-order valence-electron chi connectivity index (χ0n) is 15.5. The van der Waals surface area contributed by atoms with Crippen LogP contribution in [0.15, 0.2) is 71.8 Å². The minimum Gasteiger partial charge on any atom is -0.497 e. The molecule has 2 aromatic heterocycles. The maximum Gasteiger partial charge on any atom is 0.302 e. The molecule has 4 rings (SSSR count). The standard InChI is InChI=1S/C22H19N3O3/c1-14(16-4-3-5-18(12-16)27-2)15-6-8-17(9-7-15)28-22-24-20-13-23-11-10-19(20)21(26)25-22/h3-14H,1-2H3,(H,24,25,26). The first-order valence-corrected chi connectivity index (χ1v) is 8.90. The molecule has 2 heterocycles. The lowest BCUT2D eigenvalue weighted by Gasteiger charge is -2.14. The van der Waals surface area contributed by atoms with E-state index in [4.69, 9.17) is 9.47 Å². The molecule has 0 spiro atoms. The van der Waals surface area contributed by atoms with Crippen molar-refractivity contribution in [2.75, 3.05) is 7.11 Å². The van der Waals surface area contributed by atoms with E-state index in [-0.39, 0.29) is 17.5 Å². The Hall–Kier alpha value is -3.67. The average molecular weight is 373 g/mol. The number of rotatable bonds is 5. The summed E-state index contributed by atoms with van der Waals surface area (Å²) in [7, 11) is 1.66. The molecule has 1 N–H and O–H groups in total. The molecule has 4 aromatic rings. The van der Waals surface area contributed by atoms with Crippen molar-refractivity contribution in [2.45, 2.75) is 12.8 Å². The van der Waals surface area contributed by atoms with E-state index in [0.29, 0.717) is 16.7 Å². The van der Waals surface area contributed by atoms with Crippen LogP contribution >= 0.6 is 0 Å². The predicted molar refractivity (Wildman–Crippen MR) is 107 cm³/mol. The number of methoxy groups -OCH3 is 1. The molecule has 0 aliphatic carbocycles. The molecule has 0 fully saturated rings. The highest BCUT2D eigenvalue weighted by Gasteiger charge is 2.10. The van der Waals surface area contributed by atoms with Crippen LogP contribution in [0.1, 0.15) is 24.0 Å². The van der Waals surface area contributed by atoms with Gasteiger partial charge >= 0.3 is 6.01 Å². The van der Waals surface area contributed by atoms with Crippen molar-refractivity contribution >= 4 is 10.9 Å². The maximum absolute atomic E-state index is 12.1. The fourth-order valence-electron chi connectivity index (χ4n) is 3.06. The molecule has 1 atom stereocenters. The fraction of sp³-hybridized carbons (Fsp3) is 0.136. The second-order valence-electron chi connectivity index (χ2n) is 6.43. The van der Waals surface area contributed by atoms with Crippen molar-refractivity contribution in [3.8, 4) is 17.5 Å². The van der Waals surface area contributed by atoms with Crippen molar-refractivity contribution in [3.63, 3.8) is 0 Å². The highest BCUT2D eigenvalue weighted by Crippen LogP contribution is 2.28. The van der Waals surface area contributed by atoms with Gasteiger partial charge in [-0.25, -0.2) is 0 Å². The van der Waals surface area contributed by atoms with Crippen molar-refractivity contribution in [1.29, 1.82) is 0 Å². The Morgan fingerprint density at radius 1 is 1.00 bits per heavy atom. The first kappa shape index (κ1) is 17.7. The Labute approximate surface area is 161 Å². The van der Waals surface area contributed by atoms with Crippen molar-refractivity contribution < 1.29 is 9.47 Å². The van der Waals surface area contributed by atoms with E-state index in [1.165, 1.54) is 11.8 Å². The van der Waals surface area contributed by atoms with E-state index in [1.807, 2.05) is 42.5 Å². The van der Waals surface area contributed by atoms with E-state index >= 15 is 0 Å². The summed E-state index contributed by atoms with van der Waals surface area (Å²) in [4.78, 5) is 23.1. The fourth-order valence-corrected chi connectivity index (χ4v) is 3.06. The zero-order chi connectivity index (χ0) is 19.5. The number of ether oxygens (including phenoxy) is 2. The van der Waals surface area contributed by atoms with Crippen LogP contribution in [0.5, 0.6) is 17.5 Å². The minimum absolute atomic E-state index is 0.138. The van der Waals surface area contributed by atoms with E-state index in [2.05, 4.69) is 27.9 Å². The molecule has 0 saturated carbocycles. The van der Waals surface area contributed by atoms with Crippen molar-refractivity contribution in [3.05, 3.63) is 88.5 Å². The molecule has 0 aliphatic rings. The average Bonchev–Trinajstić information content (AvgIpc) is 2.74. The number of hydrogen-bond acceptors (Lipinski definition) is 5. The molecule has 140 valence electrons. The monoisotopic (exact) mass is 373 g/mol. The van der Waals surface area contributed by atoms with Crippen LogP contribution in [-0.2, 0) is 0 Å². The summed E-state index contributed by atoms with van der Waals surface area (Å²) in [6.45, 7) is 2.14. The number of aromatic nitrogens is 3. The Morgan fingerprint density at radius 3 is 2.61 bits per heavy atom. The number of fused-ring (bicyclic) bond motifs is 1. The van der Waals surface area contributed by atoms with Gasteiger partial charge in [0.1, 0.15) is 11.5 Å². The summed E-state index contributed by atoms with van der Waals surface area (Å²) < 4.78 is 11.0. The van der Waals surface area contributed by atoms with Crippen LogP contribution in [0.3, 0.4) is 0 Å². The molecule has 0 bridgehead atoms. The molecule has 28 heavy (non-hydrogen) atoms. The third-order valence-corrected chi connectivity index (χ3v) is 4.68. The van der Waals surface area contributed by atoms with Gasteiger partial charge in [0.05, 0.1) is 24.2 Å². The second-order valence-corrected chi connectivity index (χ2v) is 6.43. The number of H-pyrrole nitrogens is 1. The summed E-state index contributed by atoms with van der Waals surface area (Å²) in [5, 5.41) is 0.477. The van der Waals surface area contributed by atoms with Crippen LogP contribution in [0.4, 0.5) is 0 Å². The Morgan fingerprint density at radius 2 is 1.82 bits per heavy atom. The third kappa shape index (κ3) is 3.57. The van der Waals surface area contributed by atoms with E-state index in [9.17, 15) is 4.79 Å². The van der Waals surface area contributed by atoms with Gasteiger partial charge in [0.15, 0.2) is 0 Å². The quantitative estimate of drug-likeness (QED) is 0.565. The first-order valence-electron chi connectivity index (χ1n) is 8.90. The van der Waals surface area contributed by atoms with Gasteiger partial charge in [-0.3, -0.25) is 14.8 Å². The predicted octanol–water partition coefficient (Wildman–Crippen LogP) is 4.27. The lowest BCUT2D eigenvalue weighted by molar-refractivity contribution is 0.414. The van der Waals surface area contributed by atoms with E-state index in [0.717, 1.165) is 11.3 Å². The topological polar surface area (TPSA) is 77.1 Å². The van der Waals surface area contributed by atoms with Gasteiger partial charge < -0.3 is 9.47 Å². The van der Waals surface area contributed by atoms with Gasteiger partial charge in [-0.2, -0.15) is 4.98 Å². The van der Waals surface area contributed by atoms with E-state index in [1.54, 1.807) is 19.4 Å². The smallest absolute Gasteiger partial charge is 0.302 e. The van der Waals surface area contributed by atoms with Crippen LogP contribution in [0, 0.1) is 0 Å². The molecule has 1 unspecified atom stereocenters. The first-order chi connectivity index (χ1) is 13.6. The Kier molecular flexibility index (Phi) is 4.76. The van der Waals surface area contributed by atoms with Crippen molar-refractivity contribution in [1.82, 2.24) is 15.0 Å². The number of hydrogen-bond donors (Lipinski definition) is 1. The largest absolute Gasteiger partial charge is 0.497 e. The summed E-state index contributed by atoms with van der Waals surface area (Å²) in [6.07, 6.45) is 3.10. The van der Waals surface area contributed by atoms with Gasteiger partial charge in [0.2, 0.25) is 0 Å². The van der Waals surface area contributed by atoms with Crippen LogP contribution in [0.2, 0.25) is 0 Å². The van der Waals surface area contributed by atoms with Crippen LogP contribution in [0.25, 0.3) is 10.9 Å². The van der Waals surface area contributed by atoms with Gasteiger partial charge in [0, 0.05) is 12.1 Å². The van der Waals surface area contributed by atoms with Crippen LogP contribution < -0.4 is 15.0 Å². The van der Waals surface area contributed by atoms with Gasteiger partial charge in [0.25, 0.3) is 5.56 Å². The number of benzene rings is 2. The molecule has 0 amide bonds. The summed E-state index contributed by atoms with van der Waals surface area (Å²) in [6, 6.07) is 17.5. The molecule has 6 heteroatoms. The minimum atomic E-state index is -0.259. The molecule has 2 aromatic carbocycles. The summed E-state index contributed by atoms with van der Waals surface area (Å²) in [5.74, 6) is 1.63. The number of aromatic amines is 1. The summed E-state index contributed by atoms with van der Waals surface area (Å²) in [5.41, 5.74) is 2.54. The molecular weight excluding hydrogens is 354 g/mol. The van der Waals surface area contributed by atoms with Gasteiger partial charge in [-0.05, 0) is 41.5 Å². The Bertz CT molecular complexity index is 1170. The zero-order valence-corrected chi connectivity index (χ0v) is 15.5. The molecule has 0 aliphatic heterocycles. The third-order valence-electron chi connectivity index (χ3n) is 4.68. The molecule has 0 saturated heterocycles. The number of nitrogens with one attached hydrogen (secondary N) is 1. The SMILES string of the molecule is COc1cccc(C(C)c2ccc(Oc3nc4cnccc4c(=O)[nH]3)cc2)c1. The van der Waals surface area contributed by atoms with E-state index < -0.39 is 0 Å². The lowest BCUT2D eigenvalue weighted by atomic mass is 9.93. The Balaban J connectivity index is 1.56. The molecule has 6 nitrogen and oxygen atoms in total. The highest BCUT2D eigenvalue weighted by atomic mass is 16.5. The second kappa shape index (κ2) is 7.52. The molecule has 0 radical (unpaired) electrons. The lowest BCUT2D eigenvalue weighted by Crippen LogP contribution is -2.09. The summed E-state index contributed by atoms with van der Waals surface area (Å²) >= 11 is 0. The van der Waals surface area contributed by atoms with Gasteiger partial charge in [-0.1, -0.05) is 31.2 Å². The van der Waals surface area contributed by atoms with Gasteiger partial charge in [-0.15, -0.1) is 0 Å².